The van der Waals surface area contributed by atoms with Gasteiger partial charge in [0, 0.05) is 19.3 Å². The molecule has 1 aliphatic rings. The van der Waals surface area contributed by atoms with Gasteiger partial charge in [-0.25, -0.2) is 9.78 Å². The van der Waals surface area contributed by atoms with Crippen molar-refractivity contribution >= 4 is 16.7 Å². The maximum Gasteiger partial charge on any atom is 0.416 e. The van der Waals surface area contributed by atoms with Gasteiger partial charge in [0.05, 0.1) is 43.6 Å². The number of aromatic nitrogens is 3. The fourth-order valence-electron chi connectivity index (χ4n) is 5.31. The maximum absolute atomic E-state index is 13.9. The minimum absolute atomic E-state index is 0.000230. The van der Waals surface area contributed by atoms with Gasteiger partial charge >= 0.3 is 11.9 Å². The summed E-state index contributed by atoms with van der Waals surface area (Å²) in [5, 5.41) is 0. The van der Waals surface area contributed by atoms with Gasteiger partial charge in [-0.15, -0.1) is 0 Å². The second kappa shape index (κ2) is 9.49. The smallest absolute Gasteiger partial charge is 0.416 e. The van der Waals surface area contributed by atoms with Crippen molar-refractivity contribution in [1.82, 2.24) is 14.1 Å². The number of rotatable bonds is 6. The second-order valence-electron chi connectivity index (χ2n) is 9.10. The standard InChI is InChI=1S/C27H27F3N4O3/c1-17-7-6-10-22(36-2)23(17)32-14-12-19(16-32)34-21-11-13-31-25(37-3)24(21)33(26(34)35)15-18-8-4-5-9-20(18)27(28,29)30/h4-11,13,19H,12,14-16H2,1-3H3. The number of halogens is 3. The van der Waals surface area contributed by atoms with Crippen molar-refractivity contribution in [2.24, 2.45) is 0 Å². The van der Waals surface area contributed by atoms with Crippen LogP contribution in [0.25, 0.3) is 11.0 Å². The normalized spacial score (nSPS) is 15.9. The van der Waals surface area contributed by atoms with E-state index in [9.17, 15) is 18.0 Å². The lowest BCUT2D eigenvalue weighted by Gasteiger charge is -2.23. The van der Waals surface area contributed by atoms with Crippen LogP contribution in [-0.2, 0) is 12.7 Å². The summed E-state index contributed by atoms with van der Waals surface area (Å²) in [5.74, 6) is 0.943. The van der Waals surface area contributed by atoms with Gasteiger partial charge in [-0.3, -0.25) is 9.13 Å². The fourth-order valence-corrected chi connectivity index (χ4v) is 5.31. The van der Waals surface area contributed by atoms with Gasteiger partial charge in [0.15, 0.2) is 0 Å². The zero-order valence-electron chi connectivity index (χ0n) is 20.7. The van der Waals surface area contributed by atoms with E-state index in [0.29, 0.717) is 30.5 Å². The highest BCUT2D eigenvalue weighted by Crippen LogP contribution is 2.38. The number of pyridine rings is 1. The average Bonchev–Trinajstić information content (AvgIpc) is 3.45. The molecule has 1 aliphatic heterocycles. The number of ether oxygens (including phenoxy) is 2. The molecule has 1 saturated heterocycles. The van der Waals surface area contributed by atoms with Crippen LogP contribution in [0, 0.1) is 6.92 Å². The van der Waals surface area contributed by atoms with Crippen LogP contribution in [0.1, 0.15) is 29.2 Å². The van der Waals surface area contributed by atoms with E-state index in [1.807, 2.05) is 25.1 Å². The van der Waals surface area contributed by atoms with Crippen LogP contribution in [0.2, 0.25) is 0 Å². The van der Waals surface area contributed by atoms with Crippen molar-refractivity contribution in [2.75, 3.05) is 32.2 Å². The fraction of sp³-hybridized carbons (Fsp3) is 0.333. The highest BCUT2D eigenvalue weighted by atomic mass is 19.4. The molecule has 2 aromatic carbocycles. The van der Waals surface area contributed by atoms with Gasteiger partial charge in [0.2, 0.25) is 5.88 Å². The van der Waals surface area contributed by atoms with E-state index in [2.05, 4.69) is 9.88 Å². The quantitative estimate of drug-likeness (QED) is 0.362. The van der Waals surface area contributed by atoms with E-state index in [4.69, 9.17) is 9.47 Å². The highest BCUT2D eigenvalue weighted by molar-refractivity contribution is 5.81. The van der Waals surface area contributed by atoms with Gasteiger partial charge in [-0.05, 0) is 42.7 Å². The lowest BCUT2D eigenvalue weighted by molar-refractivity contribution is -0.138. The summed E-state index contributed by atoms with van der Waals surface area (Å²) in [7, 11) is 3.06. The van der Waals surface area contributed by atoms with Crippen LogP contribution in [0.4, 0.5) is 18.9 Å². The van der Waals surface area contributed by atoms with Crippen molar-refractivity contribution in [1.29, 1.82) is 0 Å². The van der Waals surface area contributed by atoms with Crippen LogP contribution in [0.15, 0.2) is 59.5 Å². The van der Waals surface area contributed by atoms with Gasteiger partial charge in [-0.1, -0.05) is 30.3 Å². The number of methoxy groups -OCH3 is 2. The van der Waals surface area contributed by atoms with Crippen molar-refractivity contribution in [3.05, 3.63) is 81.9 Å². The molecule has 7 nitrogen and oxygen atoms in total. The molecule has 0 saturated carbocycles. The zero-order chi connectivity index (χ0) is 26.3. The lowest BCUT2D eigenvalue weighted by atomic mass is 10.1. The molecule has 0 bridgehead atoms. The Labute approximate surface area is 211 Å². The number of anilines is 1. The molecule has 0 N–H and O–H groups in total. The van der Waals surface area contributed by atoms with Crippen LogP contribution in [-0.4, -0.2) is 41.4 Å². The van der Waals surface area contributed by atoms with E-state index >= 15 is 0 Å². The Hall–Kier alpha value is -3.95. The topological polar surface area (TPSA) is 61.5 Å². The first-order valence-corrected chi connectivity index (χ1v) is 11.9. The molecule has 5 rings (SSSR count). The summed E-state index contributed by atoms with van der Waals surface area (Å²) in [5.41, 5.74) is 1.81. The third kappa shape index (κ3) is 4.30. The minimum atomic E-state index is -4.54. The van der Waals surface area contributed by atoms with E-state index in [-0.39, 0.29) is 24.0 Å². The summed E-state index contributed by atoms with van der Waals surface area (Å²) < 4.78 is 55.2. The highest BCUT2D eigenvalue weighted by Gasteiger charge is 2.34. The molecule has 4 aromatic rings. The van der Waals surface area contributed by atoms with Crippen LogP contribution < -0.4 is 20.1 Å². The molecule has 1 atom stereocenters. The first kappa shape index (κ1) is 24.7. The predicted molar refractivity (Wildman–Crippen MR) is 135 cm³/mol. The summed E-state index contributed by atoms with van der Waals surface area (Å²) in [4.78, 5) is 20.3. The summed E-state index contributed by atoms with van der Waals surface area (Å²) in [6.45, 7) is 2.99. The lowest BCUT2D eigenvalue weighted by Crippen LogP contribution is -2.30. The van der Waals surface area contributed by atoms with Crippen molar-refractivity contribution < 1.29 is 22.6 Å². The van der Waals surface area contributed by atoms with Crippen molar-refractivity contribution in [3.8, 4) is 11.6 Å². The Morgan fingerprint density at radius 1 is 1.05 bits per heavy atom. The number of hydrogen-bond acceptors (Lipinski definition) is 5. The van der Waals surface area contributed by atoms with Crippen LogP contribution >= 0.6 is 0 Å². The van der Waals surface area contributed by atoms with E-state index in [1.54, 1.807) is 23.9 Å². The molecule has 37 heavy (non-hydrogen) atoms. The van der Waals surface area contributed by atoms with E-state index in [1.165, 1.54) is 29.9 Å². The number of imidazole rings is 1. The maximum atomic E-state index is 13.9. The van der Waals surface area contributed by atoms with Crippen LogP contribution in [0.5, 0.6) is 11.6 Å². The Bertz CT molecular complexity index is 1510. The molecule has 0 amide bonds. The first-order valence-electron chi connectivity index (χ1n) is 11.9. The number of benzene rings is 2. The Kier molecular flexibility index (Phi) is 6.35. The third-order valence-corrected chi connectivity index (χ3v) is 6.95. The largest absolute Gasteiger partial charge is 0.495 e. The molecule has 0 spiro atoms. The number of nitrogens with zero attached hydrogens (tertiary/aromatic N) is 4. The van der Waals surface area contributed by atoms with Gasteiger partial charge in [0.1, 0.15) is 11.3 Å². The van der Waals surface area contributed by atoms with Crippen LogP contribution in [0.3, 0.4) is 0 Å². The average molecular weight is 513 g/mol. The SMILES string of the molecule is COc1cccc(C)c1N1CCC(n2c(=O)n(Cc3ccccc3C(F)(F)F)c3c(OC)nccc32)C1. The molecule has 3 heterocycles. The Balaban J connectivity index is 1.61. The number of alkyl halides is 3. The van der Waals surface area contributed by atoms with Crippen molar-refractivity contribution in [3.63, 3.8) is 0 Å². The third-order valence-electron chi connectivity index (χ3n) is 6.95. The van der Waals surface area contributed by atoms with Gasteiger partial charge in [-0.2, -0.15) is 13.2 Å². The molecule has 10 heteroatoms. The number of para-hydroxylation sites is 1. The van der Waals surface area contributed by atoms with E-state index < -0.39 is 17.4 Å². The molecule has 194 valence electrons. The first-order chi connectivity index (χ1) is 17.7. The zero-order valence-corrected chi connectivity index (χ0v) is 20.7. The molecule has 0 radical (unpaired) electrons. The number of aryl methyl sites for hydroxylation is 1. The van der Waals surface area contributed by atoms with Gasteiger partial charge < -0.3 is 14.4 Å². The molecular formula is C27H27F3N4O3. The second-order valence-corrected chi connectivity index (χ2v) is 9.10. The van der Waals surface area contributed by atoms with E-state index in [0.717, 1.165) is 23.1 Å². The summed E-state index contributed by atoms with van der Waals surface area (Å²) >= 11 is 0. The van der Waals surface area contributed by atoms with Gasteiger partial charge in [0.25, 0.3) is 0 Å². The molecule has 0 aliphatic carbocycles. The summed E-state index contributed by atoms with van der Waals surface area (Å²) in [6.07, 6.45) is -2.32. The number of fused-ring (bicyclic) bond motifs is 1. The molecule has 2 aromatic heterocycles. The monoisotopic (exact) mass is 512 g/mol. The van der Waals surface area contributed by atoms with Crippen molar-refractivity contribution in [2.45, 2.75) is 32.1 Å². The summed E-state index contributed by atoms with van der Waals surface area (Å²) in [6, 6.07) is 12.7. The molecular weight excluding hydrogens is 485 g/mol. The number of hydrogen-bond donors (Lipinski definition) is 0. The minimum Gasteiger partial charge on any atom is -0.495 e. The Morgan fingerprint density at radius 3 is 2.57 bits per heavy atom. The molecule has 1 fully saturated rings. The predicted octanol–water partition coefficient (Wildman–Crippen LogP) is 5.04. The molecule has 1 unspecified atom stereocenters. The Morgan fingerprint density at radius 2 is 1.84 bits per heavy atom.